The Balaban J connectivity index is 1.62. The molecule has 2 N–H and O–H groups in total. The first-order valence-electron chi connectivity index (χ1n) is 8.83. The number of anilines is 1. The minimum atomic E-state index is -3.54. The summed E-state index contributed by atoms with van der Waals surface area (Å²) in [6.07, 6.45) is -0.246. The van der Waals surface area contributed by atoms with Crippen molar-refractivity contribution in [2.45, 2.75) is 26.1 Å². The lowest BCUT2D eigenvalue weighted by Crippen LogP contribution is -2.57. The van der Waals surface area contributed by atoms with Crippen molar-refractivity contribution in [3.8, 4) is 0 Å². The van der Waals surface area contributed by atoms with Crippen molar-refractivity contribution in [2.24, 2.45) is 0 Å². The number of amides is 1. The van der Waals surface area contributed by atoms with Crippen LogP contribution in [0.4, 0.5) is 5.69 Å². The van der Waals surface area contributed by atoms with Gasteiger partial charge in [0.2, 0.25) is 0 Å². The van der Waals surface area contributed by atoms with Gasteiger partial charge < -0.3 is 15.4 Å². The van der Waals surface area contributed by atoms with Gasteiger partial charge in [-0.05, 0) is 38.1 Å². The molecule has 2 saturated heterocycles. The Bertz CT molecular complexity index is 735. The van der Waals surface area contributed by atoms with Gasteiger partial charge in [-0.25, -0.2) is 0 Å². The fraction of sp³-hybridized carbons (Fsp3) is 0.588. The number of rotatable bonds is 3. The Labute approximate surface area is 154 Å². The van der Waals surface area contributed by atoms with E-state index in [4.69, 9.17) is 10.5 Å². The third kappa shape index (κ3) is 4.01. The molecule has 0 aliphatic carbocycles. The number of carbonyl (C=O) groups excluding carboxylic acids is 1. The Morgan fingerprint density at radius 1 is 1.00 bits per heavy atom. The Kier molecular flexibility index (Phi) is 5.52. The maximum Gasteiger partial charge on any atom is 0.282 e. The van der Waals surface area contributed by atoms with E-state index in [0.717, 1.165) is 0 Å². The van der Waals surface area contributed by atoms with Gasteiger partial charge in [0.1, 0.15) is 0 Å². The van der Waals surface area contributed by atoms with Crippen LogP contribution in [0.25, 0.3) is 0 Å². The monoisotopic (exact) mass is 382 g/mol. The van der Waals surface area contributed by atoms with Crippen LogP contribution < -0.4 is 5.73 Å². The number of hydrogen-bond donors (Lipinski definition) is 1. The highest BCUT2D eigenvalue weighted by Crippen LogP contribution is 2.19. The summed E-state index contributed by atoms with van der Waals surface area (Å²) in [7, 11) is -3.54. The molecule has 1 amide bonds. The first kappa shape index (κ1) is 19.1. The second-order valence-electron chi connectivity index (χ2n) is 6.90. The van der Waals surface area contributed by atoms with E-state index < -0.39 is 10.2 Å². The highest BCUT2D eigenvalue weighted by molar-refractivity contribution is 7.86. The summed E-state index contributed by atoms with van der Waals surface area (Å²) in [5, 5.41) is 0. The molecule has 2 fully saturated rings. The number of nitrogens with two attached hydrogens (primary N) is 1. The van der Waals surface area contributed by atoms with E-state index in [9.17, 15) is 13.2 Å². The zero-order chi connectivity index (χ0) is 18.9. The van der Waals surface area contributed by atoms with Crippen molar-refractivity contribution >= 4 is 21.8 Å². The summed E-state index contributed by atoms with van der Waals surface area (Å²) in [6, 6.07) is 6.76. The predicted octanol–water partition coefficient (Wildman–Crippen LogP) is 0.381. The standard InChI is InChI=1S/C17H26N4O4S/c1-13-11-21(12-14(2)25-13)26(23,24)20-9-7-19(8-10-20)17(22)15-3-5-16(18)6-4-15/h3-6,13-14H,7-12,18H2,1-2H3. The molecule has 144 valence electrons. The van der Waals surface area contributed by atoms with Crippen LogP contribution in [-0.4, -0.2) is 79.3 Å². The Morgan fingerprint density at radius 3 is 2.08 bits per heavy atom. The molecule has 0 spiro atoms. The van der Waals surface area contributed by atoms with Crippen LogP contribution in [0, 0.1) is 0 Å². The van der Waals surface area contributed by atoms with Crippen LogP contribution in [-0.2, 0) is 14.9 Å². The van der Waals surface area contributed by atoms with Gasteiger partial charge in [-0.3, -0.25) is 4.79 Å². The molecule has 0 radical (unpaired) electrons. The van der Waals surface area contributed by atoms with Crippen LogP contribution in [0.5, 0.6) is 0 Å². The van der Waals surface area contributed by atoms with Crippen molar-refractivity contribution in [2.75, 3.05) is 45.0 Å². The molecule has 0 aromatic heterocycles. The maximum atomic E-state index is 12.9. The summed E-state index contributed by atoms with van der Waals surface area (Å²) in [5.74, 6) is -0.101. The van der Waals surface area contributed by atoms with Gasteiger partial charge in [0.05, 0.1) is 12.2 Å². The minimum Gasteiger partial charge on any atom is -0.399 e. The lowest BCUT2D eigenvalue weighted by molar-refractivity contribution is -0.0457. The molecule has 2 unspecified atom stereocenters. The molecule has 8 nitrogen and oxygen atoms in total. The van der Waals surface area contributed by atoms with Crippen LogP contribution in [0.1, 0.15) is 24.2 Å². The fourth-order valence-corrected chi connectivity index (χ4v) is 5.16. The van der Waals surface area contributed by atoms with Gasteiger partial charge in [0.15, 0.2) is 0 Å². The normalized spacial score (nSPS) is 26.0. The SMILES string of the molecule is CC1CN(S(=O)(=O)N2CCN(C(=O)c3ccc(N)cc3)CC2)CC(C)O1. The highest BCUT2D eigenvalue weighted by atomic mass is 32.2. The molecule has 1 aromatic carbocycles. The average molecular weight is 382 g/mol. The van der Waals surface area contributed by atoms with Crippen LogP contribution in [0.2, 0.25) is 0 Å². The van der Waals surface area contributed by atoms with Crippen LogP contribution in [0.3, 0.4) is 0 Å². The van der Waals surface area contributed by atoms with Crippen molar-refractivity contribution in [3.05, 3.63) is 29.8 Å². The number of hydrogen-bond acceptors (Lipinski definition) is 5. The first-order chi connectivity index (χ1) is 12.3. The van der Waals surface area contributed by atoms with Crippen LogP contribution in [0.15, 0.2) is 24.3 Å². The van der Waals surface area contributed by atoms with Crippen LogP contribution >= 0.6 is 0 Å². The number of ether oxygens (including phenoxy) is 1. The van der Waals surface area contributed by atoms with Gasteiger partial charge >= 0.3 is 0 Å². The average Bonchev–Trinajstić information content (AvgIpc) is 2.61. The number of benzene rings is 1. The minimum absolute atomic E-state index is 0.101. The molecule has 1 aromatic rings. The lowest BCUT2D eigenvalue weighted by Gasteiger charge is -2.40. The zero-order valence-electron chi connectivity index (χ0n) is 15.2. The fourth-order valence-electron chi connectivity index (χ4n) is 3.41. The molecule has 0 bridgehead atoms. The summed E-state index contributed by atoms with van der Waals surface area (Å²) < 4.78 is 34.4. The molecular formula is C17H26N4O4S. The molecule has 2 heterocycles. The zero-order valence-corrected chi connectivity index (χ0v) is 16.0. The van der Waals surface area contributed by atoms with E-state index >= 15 is 0 Å². The lowest BCUT2D eigenvalue weighted by atomic mass is 10.1. The van der Waals surface area contributed by atoms with E-state index in [1.54, 1.807) is 29.2 Å². The highest BCUT2D eigenvalue weighted by Gasteiger charge is 2.37. The number of piperazine rings is 1. The molecule has 26 heavy (non-hydrogen) atoms. The Hall–Kier alpha value is -1.68. The smallest absolute Gasteiger partial charge is 0.282 e. The van der Waals surface area contributed by atoms with Gasteiger partial charge in [-0.2, -0.15) is 17.0 Å². The van der Waals surface area contributed by atoms with Crippen molar-refractivity contribution in [3.63, 3.8) is 0 Å². The summed E-state index contributed by atoms with van der Waals surface area (Å²) >= 11 is 0. The van der Waals surface area contributed by atoms with Gasteiger partial charge in [0, 0.05) is 50.5 Å². The third-order valence-corrected chi connectivity index (χ3v) is 6.69. The van der Waals surface area contributed by atoms with E-state index in [2.05, 4.69) is 0 Å². The first-order valence-corrected chi connectivity index (χ1v) is 10.2. The van der Waals surface area contributed by atoms with E-state index in [-0.39, 0.29) is 18.1 Å². The quantitative estimate of drug-likeness (QED) is 0.763. The van der Waals surface area contributed by atoms with E-state index in [1.165, 1.54) is 8.61 Å². The van der Waals surface area contributed by atoms with Crippen molar-refractivity contribution < 1.29 is 17.9 Å². The van der Waals surface area contributed by atoms with Crippen molar-refractivity contribution in [1.29, 1.82) is 0 Å². The second kappa shape index (κ2) is 7.51. The molecule has 2 aliphatic rings. The summed E-state index contributed by atoms with van der Waals surface area (Å²) in [4.78, 5) is 14.2. The maximum absolute atomic E-state index is 12.9. The topological polar surface area (TPSA) is 96.2 Å². The number of nitrogen functional groups attached to an aromatic ring is 1. The van der Waals surface area contributed by atoms with Gasteiger partial charge in [0.25, 0.3) is 16.1 Å². The molecule has 9 heteroatoms. The largest absolute Gasteiger partial charge is 0.399 e. The third-order valence-electron chi connectivity index (χ3n) is 4.72. The predicted molar refractivity (Wildman–Crippen MR) is 98.8 cm³/mol. The van der Waals surface area contributed by atoms with E-state index in [1.807, 2.05) is 13.8 Å². The molecule has 2 atom stereocenters. The number of morpholine rings is 1. The Morgan fingerprint density at radius 2 is 1.54 bits per heavy atom. The van der Waals surface area contributed by atoms with Gasteiger partial charge in [-0.15, -0.1) is 0 Å². The van der Waals surface area contributed by atoms with E-state index in [0.29, 0.717) is 50.5 Å². The summed E-state index contributed by atoms with van der Waals surface area (Å²) in [5.41, 5.74) is 6.81. The van der Waals surface area contributed by atoms with Gasteiger partial charge in [-0.1, -0.05) is 0 Å². The number of carbonyl (C=O) groups is 1. The number of nitrogens with zero attached hydrogens (tertiary/aromatic N) is 3. The molecular weight excluding hydrogens is 356 g/mol. The second-order valence-corrected chi connectivity index (χ2v) is 8.82. The molecule has 2 aliphatic heterocycles. The molecule has 3 rings (SSSR count). The van der Waals surface area contributed by atoms with Crippen molar-refractivity contribution in [1.82, 2.24) is 13.5 Å². The summed E-state index contributed by atoms with van der Waals surface area (Å²) in [6.45, 7) is 5.80. The molecule has 0 saturated carbocycles.